The third kappa shape index (κ3) is 4.92. The molecule has 0 atom stereocenters. The Balaban J connectivity index is 1.97. The normalized spacial score (nSPS) is 14.4. The average molecular weight is 519 g/mol. The first-order valence-corrected chi connectivity index (χ1v) is 10.2. The fourth-order valence-corrected chi connectivity index (χ4v) is 3.35. The van der Waals surface area contributed by atoms with Crippen LogP contribution in [0.4, 0.5) is 27.6 Å². The Labute approximate surface area is 200 Å². The van der Waals surface area contributed by atoms with Gasteiger partial charge < -0.3 is 14.2 Å². The zero-order chi connectivity index (χ0) is 26.0. The maximum Gasteiger partial charge on any atom is 0.344 e. The monoisotopic (exact) mass is 518 g/mol. The number of hydrogen-bond acceptors (Lipinski definition) is 6. The van der Waals surface area contributed by atoms with E-state index in [0.717, 1.165) is 0 Å². The fraction of sp³-hybridized carbons (Fsp3) is 0.227. The van der Waals surface area contributed by atoms with E-state index < -0.39 is 53.3 Å². The summed E-state index contributed by atoms with van der Waals surface area (Å²) < 4.78 is 84.3. The van der Waals surface area contributed by atoms with E-state index in [1.807, 2.05) is 0 Å². The molecule has 1 amide bonds. The van der Waals surface area contributed by atoms with E-state index in [-0.39, 0.29) is 45.0 Å². The summed E-state index contributed by atoms with van der Waals surface area (Å²) in [4.78, 5) is 24.3. The molecule has 0 fully saturated rings. The molecule has 3 rings (SSSR count). The molecule has 0 saturated carbocycles. The summed E-state index contributed by atoms with van der Waals surface area (Å²) in [6.45, 7) is 2.61. The summed E-state index contributed by atoms with van der Waals surface area (Å²) in [7, 11) is 1.29. The summed E-state index contributed by atoms with van der Waals surface area (Å²) in [5.41, 5.74) is -1.55. The molecular weight excluding hydrogens is 503 g/mol. The number of ether oxygens (including phenoxy) is 3. The molecule has 13 heteroatoms. The Bertz CT molecular complexity index is 1250. The first-order chi connectivity index (χ1) is 16.5. The van der Waals surface area contributed by atoms with Crippen LogP contribution < -0.4 is 14.5 Å². The Morgan fingerprint density at radius 2 is 1.69 bits per heavy atom. The van der Waals surface area contributed by atoms with E-state index in [0.29, 0.717) is 0 Å². The van der Waals surface area contributed by atoms with Crippen molar-refractivity contribution in [2.75, 3.05) is 25.3 Å². The number of rotatable bonds is 7. The van der Waals surface area contributed by atoms with Crippen LogP contribution >= 0.6 is 11.6 Å². The summed E-state index contributed by atoms with van der Waals surface area (Å²) in [5.74, 6) is -12.9. The quantitative estimate of drug-likeness (QED) is 0.173. The Kier molecular flexibility index (Phi) is 7.64. The minimum Gasteiger partial charge on any atom is -0.493 e. The lowest BCUT2D eigenvalue weighted by Crippen LogP contribution is -2.25. The van der Waals surface area contributed by atoms with E-state index >= 15 is 0 Å². The van der Waals surface area contributed by atoms with Gasteiger partial charge in [-0.15, -0.1) is 0 Å². The third-order valence-corrected chi connectivity index (χ3v) is 4.94. The number of carbonyl (C=O) groups is 2. The van der Waals surface area contributed by atoms with E-state index in [1.165, 1.54) is 32.2 Å². The second-order valence-electron chi connectivity index (χ2n) is 6.91. The predicted octanol–water partition coefficient (Wildman–Crippen LogP) is 4.79. The number of nitrogens with zero attached hydrogens (tertiary/aromatic N) is 2. The molecule has 0 N–H and O–H groups in total. The molecule has 0 unspecified atom stereocenters. The lowest BCUT2D eigenvalue weighted by Gasteiger charge is -2.15. The van der Waals surface area contributed by atoms with Gasteiger partial charge in [0.05, 0.1) is 30.0 Å². The van der Waals surface area contributed by atoms with Crippen LogP contribution in [0.2, 0.25) is 5.02 Å². The molecule has 1 aliphatic rings. The van der Waals surface area contributed by atoms with Gasteiger partial charge in [0.1, 0.15) is 5.69 Å². The number of esters is 1. The summed E-state index contributed by atoms with van der Waals surface area (Å²) in [6, 6.07) is 2.71. The SMILES string of the molecule is CCOC(=O)COc1c(Cl)cc(/C=C2/C(=O)N(c3c(F)c(F)c(F)c(F)c3F)N=C2C)cc1OC. The zero-order valence-electron chi connectivity index (χ0n) is 18.3. The number of methoxy groups -OCH3 is 1. The summed E-state index contributed by atoms with van der Waals surface area (Å²) >= 11 is 6.22. The van der Waals surface area contributed by atoms with Gasteiger partial charge in [0.2, 0.25) is 5.82 Å². The van der Waals surface area contributed by atoms with Gasteiger partial charge in [0.25, 0.3) is 5.91 Å². The number of amides is 1. The Morgan fingerprint density at radius 1 is 1.09 bits per heavy atom. The molecule has 0 spiro atoms. The second kappa shape index (κ2) is 10.3. The van der Waals surface area contributed by atoms with Crippen molar-refractivity contribution in [2.24, 2.45) is 5.10 Å². The maximum absolute atomic E-state index is 14.2. The van der Waals surface area contributed by atoms with Crippen molar-refractivity contribution in [1.29, 1.82) is 0 Å². The van der Waals surface area contributed by atoms with Crippen molar-refractivity contribution in [3.63, 3.8) is 0 Å². The topological polar surface area (TPSA) is 77.4 Å². The van der Waals surface area contributed by atoms with Crippen molar-refractivity contribution in [2.45, 2.75) is 13.8 Å². The molecular formula is C22H16ClF5N2O5. The largest absolute Gasteiger partial charge is 0.493 e. The molecule has 0 aliphatic carbocycles. The number of hydrogen-bond donors (Lipinski definition) is 0. The van der Waals surface area contributed by atoms with Gasteiger partial charge in [-0.05, 0) is 37.6 Å². The highest BCUT2D eigenvalue weighted by molar-refractivity contribution is 6.33. The smallest absolute Gasteiger partial charge is 0.344 e. The molecule has 2 aromatic rings. The van der Waals surface area contributed by atoms with Crippen LogP contribution in [-0.4, -0.2) is 37.9 Å². The molecule has 7 nitrogen and oxygen atoms in total. The highest BCUT2D eigenvalue weighted by Gasteiger charge is 2.37. The molecule has 35 heavy (non-hydrogen) atoms. The summed E-state index contributed by atoms with van der Waals surface area (Å²) in [5, 5.41) is 3.73. The first-order valence-electron chi connectivity index (χ1n) is 9.80. The molecule has 186 valence electrons. The molecule has 0 aromatic heterocycles. The number of halogens is 6. The van der Waals surface area contributed by atoms with Crippen LogP contribution in [0, 0.1) is 29.1 Å². The minimum absolute atomic E-state index is 0.00976. The molecule has 0 bridgehead atoms. The highest BCUT2D eigenvalue weighted by Crippen LogP contribution is 2.38. The molecule has 2 aromatic carbocycles. The van der Waals surface area contributed by atoms with Crippen molar-refractivity contribution < 1.29 is 45.8 Å². The molecule has 0 radical (unpaired) electrons. The van der Waals surface area contributed by atoms with E-state index in [9.17, 15) is 31.5 Å². The predicted molar refractivity (Wildman–Crippen MR) is 115 cm³/mol. The number of anilines is 1. The average Bonchev–Trinajstić information content (AvgIpc) is 3.08. The number of benzene rings is 2. The molecule has 0 saturated heterocycles. The van der Waals surface area contributed by atoms with Crippen LogP contribution in [0.15, 0.2) is 22.8 Å². The van der Waals surface area contributed by atoms with Crippen LogP contribution in [-0.2, 0) is 14.3 Å². The summed E-state index contributed by atoms with van der Waals surface area (Å²) in [6.07, 6.45) is 1.22. The van der Waals surface area contributed by atoms with Crippen molar-refractivity contribution in [3.8, 4) is 11.5 Å². The van der Waals surface area contributed by atoms with Gasteiger partial charge in [-0.3, -0.25) is 4.79 Å². The second-order valence-corrected chi connectivity index (χ2v) is 7.31. The van der Waals surface area contributed by atoms with Gasteiger partial charge in [0, 0.05) is 0 Å². The van der Waals surface area contributed by atoms with E-state index in [2.05, 4.69) is 5.10 Å². The minimum atomic E-state index is -2.36. The number of hydrazone groups is 1. The third-order valence-electron chi connectivity index (χ3n) is 4.66. The highest BCUT2D eigenvalue weighted by atomic mass is 35.5. The van der Waals surface area contributed by atoms with Crippen LogP contribution in [0.3, 0.4) is 0 Å². The van der Waals surface area contributed by atoms with Crippen LogP contribution in [0.25, 0.3) is 6.08 Å². The Hall–Kier alpha value is -3.67. The fourth-order valence-electron chi connectivity index (χ4n) is 3.08. The van der Waals surface area contributed by atoms with Crippen LogP contribution in [0.5, 0.6) is 11.5 Å². The van der Waals surface area contributed by atoms with Crippen molar-refractivity contribution in [1.82, 2.24) is 0 Å². The lowest BCUT2D eigenvalue weighted by molar-refractivity contribution is -0.145. The first kappa shape index (κ1) is 25.9. The van der Waals surface area contributed by atoms with E-state index in [4.69, 9.17) is 25.8 Å². The van der Waals surface area contributed by atoms with Gasteiger partial charge >= 0.3 is 5.97 Å². The zero-order valence-corrected chi connectivity index (χ0v) is 19.1. The van der Waals surface area contributed by atoms with Gasteiger partial charge in [-0.1, -0.05) is 11.6 Å². The molecule has 1 aliphatic heterocycles. The van der Waals surface area contributed by atoms with Gasteiger partial charge in [-0.25, -0.2) is 26.7 Å². The van der Waals surface area contributed by atoms with E-state index in [1.54, 1.807) is 6.92 Å². The number of carbonyl (C=O) groups excluding carboxylic acids is 2. The van der Waals surface area contributed by atoms with Gasteiger partial charge in [-0.2, -0.15) is 10.1 Å². The lowest BCUT2D eigenvalue weighted by atomic mass is 10.1. The van der Waals surface area contributed by atoms with Gasteiger partial charge in [0.15, 0.2) is 41.4 Å². The molecule has 1 heterocycles. The standard InChI is InChI=1S/C22H16ClF5N2O5/c1-4-34-14(31)8-35-21-12(23)6-10(7-13(21)33-3)5-11-9(2)29-30(22(11)32)20-18(27)16(25)15(24)17(26)19(20)28/h5-7H,4,8H2,1-3H3/b11-5+. The van der Waals surface area contributed by atoms with Crippen molar-refractivity contribution in [3.05, 3.63) is 57.4 Å². The maximum atomic E-state index is 14.2. The Morgan fingerprint density at radius 3 is 2.26 bits per heavy atom. The van der Waals surface area contributed by atoms with Crippen LogP contribution in [0.1, 0.15) is 19.4 Å². The van der Waals surface area contributed by atoms with Crippen molar-refractivity contribution >= 4 is 41.0 Å².